The molecule has 0 amide bonds. The van der Waals surface area contributed by atoms with Crippen LogP contribution in [0.1, 0.15) is 22.3 Å². The highest BCUT2D eigenvalue weighted by Gasteiger charge is 2.29. The van der Waals surface area contributed by atoms with Crippen molar-refractivity contribution in [3.05, 3.63) is 58.8 Å². The monoisotopic (exact) mass is 290 g/mol. The average molecular weight is 290 g/mol. The van der Waals surface area contributed by atoms with Gasteiger partial charge in [0.05, 0.1) is 5.56 Å². The first-order valence-electron chi connectivity index (χ1n) is 6.60. The smallest absolute Gasteiger partial charge is 0.370 e. The van der Waals surface area contributed by atoms with Gasteiger partial charge in [-0.2, -0.15) is 13.2 Å². The van der Waals surface area contributed by atoms with Gasteiger partial charge < -0.3 is 5.32 Å². The van der Waals surface area contributed by atoms with Crippen LogP contribution in [0.4, 0.5) is 19.0 Å². The number of benzene rings is 1. The van der Waals surface area contributed by atoms with E-state index in [-0.39, 0.29) is 0 Å². The molecule has 1 aromatic heterocycles. The third kappa shape index (κ3) is 3.07. The SMILES string of the molecule is FC(F)(F)c1ccc(C=Cc2cnc3c(c2)CCN3)cc1. The highest BCUT2D eigenvalue weighted by atomic mass is 19.4. The molecule has 0 radical (unpaired) electrons. The number of pyridine rings is 1. The fraction of sp³-hybridized carbons (Fsp3) is 0.188. The summed E-state index contributed by atoms with van der Waals surface area (Å²) < 4.78 is 37.4. The zero-order chi connectivity index (χ0) is 14.9. The molecule has 1 aromatic carbocycles. The van der Waals surface area contributed by atoms with Crippen molar-refractivity contribution in [1.29, 1.82) is 0 Å². The number of halogens is 3. The zero-order valence-electron chi connectivity index (χ0n) is 11.1. The van der Waals surface area contributed by atoms with Crippen molar-refractivity contribution >= 4 is 18.0 Å². The van der Waals surface area contributed by atoms with Crippen molar-refractivity contribution in [3.8, 4) is 0 Å². The minimum atomic E-state index is -4.29. The van der Waals surface area contributed by atoms with Crippen LogP contribution < -0.4 is 5.32 Å². The standard InChI is InChI=1S/C16H13F3N2/c17-16(18,19)14-5-3-11(4-6-14)1-2-12-9-13-7-8-20-15(13)21-10-12/h1-6,9-10H,7-8H2,(H,20,21). The number of anilines is 1. The minimum Gasteiger partial charge on any atom is -0.370 e. The first-order valence-corrected chi connectivity index (χ1v) is 6.60. The van der Waals surface area contributed by atoms with Gasteiger partial charge in [-0.25, -0.2) is 4.98 Å². The number of nitrogens with one attached hydrogen (secondary N) is 1. The largest absolute Gasteiger partial charge is 0.416 e. The van der Waals surface area contributed by atoms with Gasteiger partial charge in [-0.1, -0.05) is 24.3 Å². The number of nitrogens with zero attached hydrogens (tertiary/aromatic N) is 1. The Morgan fingerprint density at radius 2 is 1.76 bits per heavy atom. The van der Waals surface area contributed by atoms with Crippen LogP contribution >= 0.6 is 0 Å². The van der Waals surface area contributed by atoms with Crippen LogP contribution in [0.2, 0.25) is 0 Å². The molecule has 0 atom stereocenters. The van der Waals surface area contributed by atoms with Gasteiger partial charge in [-0.3, -0.25) is 0 Å². The molecule has 3 rings (SSSR count). The molecule has 5 heteroatoms. The van der Waals surface area contributed by atoms with E-state index in [1.54, 1.807) is 12.3 Å². The van der Waals surface area contributed by atoms with E-state index in [1.807, 2.05) is 12.1 Å². The summed E-state index contributed by atoms with van der Waals surface area (Å²) in [4.78, 5) is 4.31. The van der Waals surface area contributed by atoms with Crippen LogP contribution in [0, 0.1) is 0 Å². The van der Waals surface area contributed by atoms with Crippen LogP contribution in [0.15, 0.2) is 36.5 Å². The van der Waals surface area contributed by atoms with Crippen LogP contribution in [0.5, 0.6) is 0 Å². The minimum absolute atomic E-state index is 0.634. The van der Waals surface area contributed by atoms with Crippen LogP contribution in [-0.2, 0) is 12.6 Å². The highest BCUT2D eigenvalue weighted by molar-refractivity contribution is 5.70. The fourth-order valence-electron chi connectivity index (χ4n) is 2.26. The third-order valence-corrected chi connectivity index (χ3v) is 3.38. The molecular weight excluding hydrogens is 277 g/mol. The lowest BCUT2D eigenvalue weighted by atomic mass is 10.1. The van der Waals surface area contributed by atoms with Crippen molar-refractivity contribution in [2.24, 2.45) is 0 Å². The number of fused-ring (bicyclic) bond motifs is 1. The Morgan fingerprint density at radius 3 is 2.48 bits per heavy atom. The second kappa shape index (κ2) is 5.24. The van der Waals surface area contributed by atoms with E-state index in [2.05, 4.69) is 10.3 Å². The summed E-state index contributed by atoms with van der Waals surface area (Å²) in [5, 5.41) is 3.18. The Kier molecular flexibility index (Phi) is 3.41. The highest BCUT2D eigenvalue weighted by Crippen LogP contribution is 2.29. The van der Waals surface area contributed by atoms with E-state index in [1.165, 1.54) is 17.7 Å². The van der Waals surface area contributed by atoms with Gasteiger partial charge in [0.2, 0.25) is 0 Å². The van der Waals surface area contributed by atoms with Crippen molar-refractivity contribution in [2.45, 2.75) is 12.6 Å². The lowest BCUT2D eigenvalue weighted by molar-refractivity contribution is -0.137. The molecule has 0 unspecified atom stereocenters. The van der Waals surface area contributed by atoms with Crippen molar-refractivity contribution in [3.63, 3.8) is 0 Å². The van der Waals surface area contributed by atoms with Gasteiger partial charge in [0.1, 0.15) is 5.82 Å². The van der Waals surface area contributed by atoms with Crippen molar-refractivity contribution in [2.75, 3.05) is 11.9 Å². The Labute approximate surface area is 120 Å². The molecule has 2 heterocycles. The second-order valence-electron chi connectivity index (χ2n) is 4.91. The first-order chi connectivity index (χ1) is 10.0. The number of aromatic nitrogens is 1. The van der Waals surface area contributed by atoms with Gasteiger partial charge in [0.15, 0.2) is 0 Å². The van der Waals surface area contributed by atoms with E-state index in [4.69, 9.17) is 0 Å². The second-order valence-corrected chi connectivity index (χ2v) is 4.91. The van der Waals surface area contributed by atoms with Gasteiger partial charge >= 0.3 is 6.18 Å². The topological polar surface area (TPSA) is 24.9 Å². The summed E-state index contributed by atoms with van der Waals surface area (Å²) in [5.41, 5.74) is 2.20. The van der Waals surface area contributed by atoms with Crippen LogP contribution in [-0.4, -0.2) is 11.5 Å². The maximum Gasteiger partial charge on any atom is 0.416 e. The summed E-state index contributed by atoms with van der Waals surface area (Å²) in [7, 11) is 0. The molecule has 0 bridgehead atoms. The van der Waals surface area contributed by atoms with E-state index in [0.29, 0.717) is 0 Å². The van der Waals surface area contributed by atoms with Crippen molar-refractivity contribution in [1.82, 2.24) is 4.98 Å². The Hall–Kier alpha value is -2.30. The normalized spacial score (nSPS) is 14.2. The predicted molar refractivity (Wildman–Crippen MR) is 76.8 cm³/mol. The summed E-state index contributed by atoms with van der Waals surface area (Å²) in [6.07, 6.45) is 2.04. The Balaban J connectivity index is 1.77. The van der Waals surface area contributed by atoms with Crippen molar-refractivity contribution < 1.29 is 13.2 Å². The quantitative estimate of drug-likeness (QED) is 0.895. The Morgan fingerprint density at radius 1 is 1.05 bits per heavy atom. The molecule has 1 aliphatic heterocycles. The molecule has 0 saturated carbocycles. The summed E-state index contributed by atoms with van der Waals surface area (Å²) >= 11 is 0. The summed E-state index contributed by atoms with van der Waals surface area (Å²) in [6.45, 7) is 0.897. The Bertz CT molecular complexity index is 673. The molecule has 108 valence electrons. The van der Waals surface area contributed by atoms with E-state index >= 15 is 0 Å². The van der Waals surface area contributed by atoms with Gasteiger partial charge in [-0.15, -0.1) is 0 Å². The molecule has 1 aliphatic rings. The van der Waals surface area contributed by atoms with Crippen LogP contribution in [0.25, 0.3) is 12.2 Å². The number of alkyl halides is 3. The van der Waals surface area contributed by atoms with E-state index in [9.17, 15) is 13.2 Å². The molecule has 2 aromatic rings. The maximum atomic E-state index is 12.5. The average Bonchev–Trinajstić information content (AvgIpc) is 2.92. The summed E-state index contributed by atoms with van der Waals surface area (Å²) in [6, 6.07) is 7.14. The number of hydrogen-bond donors (Lipinski definition) is 1. The molecule has 0 aliphatic carbocycles. The lowest BCUT2D eigenvalue weighted by Gasteiger charge is -2.06. The lowest BCUT2D eigenvalue weighted by Crippen LogP contribution is -2.03. The molecule has 0 spiro atoms. The van der Waals surface area contributed by atoms with Gasteiger partial charge in [0.25, 0.3) is 0 Å². The molecule has 2 nitrogen and oxygen atoms in total. The molecular formula is C16H13F3N2. The van der Waals surface area contributed by atoms with E-state index < -0.39 is 11.7 Å². The molecule has 21 heavy (non-hydrogen) atoms. The fourth-order valence-corrected chi connectivity index (χ4v) is 2.26. The van der Waals surface area contributed by atoms with E-state index in [0.717, 1.165) is 42.0 Å². The maximum absolute atomic E-state index is 12.5. The van der Waals surface area contributed by atoms with Gasteiger partial charge in [-0.05, 0) is 41.3 Å². The third-order valence-electron chi connectivity index (χ3n) is 3.38. The molecule has 0 saturated heterocycles. The number of rotatable bonds is 2. The zero-order valence-corrected chi connectivity index (χ0v) is 11.1. The molecule has 0 fully saturated rings. The summed E-state index contributed by atoms with van der Waals surface area (Å²) in [5.74, 6) is 0.918. The predicted octanol–water partition coefficient (Wildman–Crippen LogP) is 4.24. The molecule has 1 N–H and O–H groups in total. The first kappa shape index (κ1) is 13.7. The number of hydrogen-bond acceptors (Lipinski definition) is 2. The van der Waals surface area contributed by atoms with Gasteiger partial charge in [0, 0.05) is 12.7 Å². The van der Waals surface area contributed by atoms with Crippen LogP contribution in [0.3, 0.4) is 0 Å².